The lowest BCUT2D eigenvalue weighted by molar-refractivity contribution is -0.126. The van der Waals surface area contributed by atoms with Crippen LogP contribution in [-0.2, 0) is 11.3 Å². The van der Waals surface area contributed by atoms with Crippen molar-refractivity contribution in [3.05, 3.63) is 51.2 Å². The van der Waals surface area contributed by atoms with Crippen LogP contribution in [0.3, 0.4) is 0 Å². The highest BCUT2D eigenvalue weighted by molar-refractivity contribution is 7.09. The molecule has 6 heteroatoms. The van der Waals surface area contributed by atoms with Gasteiger partial charge in [-0.3, -0.25) is 4.79 Å². The van der Waals surface area contributed by atoms with Gasteiger partial charge in [-0.2, -0.15) is 0 Å². The Morgan fingerprint density at radius 1 is 1.35 bits per heavy atom. The van der Waals surface area contributed by atoms with E-state index in [1.807, 2.05) is 37.4 Å². The van der Waals surface area contributed by atoms with E-state index in [1.54, 1.807) is 41.6 Å². The van der Waals surface area contributed by atoms with Gasteiger partial charge >= 0.3 is 0 Å². The number of rotatable bonds is 9. The first-order chi connectivity index (χ1) is 12.6. The van der Waals surface area contributed by atoms with Gasteiger partial charge in [0.25, 0.3) is 0 Å². The summed E-state index contributed by atoms with van der Waals surface area (Å²) >= 11 is 7.96. The number of benzene rings is 1. The van der Waals surface area contributed by atoms with Crippen LogP contribution in [0.15, 0.2) is 35.7 Å². The molecule has 0 fully saturated rings. The number of carbonyl (C=O) groups excluding carboxylic acids is 1. The summed E-state index contributed by atoms with van der Waals surface area (Å²) in [5.41, 5.74) is 0.788. The number of likely N-dealkylation sites (N-methyl/N-ethyl adjacent to an activating group) is 1. The molecule has 1 aromatic heterocycles. The predicted octanol–water partition coefficient (Wildman–Crippen LogP) is 5.26. The SMILES string of the molecule is CCCOc1c(Cl)cc(/C=C/C(=O)N(CC)Cc2cccs2)cc1OC. The highest BCUT2D eigenvalue weighted by Crippen LogP contribution is 2.36. The smallest absolute Gasteiger partial charge is 0.246 e. The molecule has 0 aliphatic carbocycles. The van der Waals surface area contributed by atoms with Crippen LogP contribution in [0.1, 0.15) is 30.7 Å². The van der Waals surface area contributed by atoms with Gasteiger partial charge in [-0.15, -0.1) is 11.3 Å². The number of methoxy groups -OCH3 is 1. The van der Waals surface area contributed by atoms with Gasteiger partial charge in [0, 0.05) is 17.5 Å². The first kappa shape index (κ1) is 20.3. The second-order valence-corrected chi connectivity index (χ2v) is 7.09. The second-order valence-electron chi connectivity index (χ2n) is 5.65. The molecule has 0 radical (unpaired) electrons. The first-order valence-corrected chi connectivity index (χ1v) is 9.84. The van der Waals surface area contributed by atoms with E-state index in [0.29, 0.717) is 36.2 Å². The minimum absolute atomic E-state index is 0.0395. The molecular weight excluding hydrogens is 370 g/mol. The summed E-state index contributed by atoms with van der Waals surface area (Å²) in [6, 6.07) is 7.61. The Morgan fingerprint density at radius 3 is 2.77 bits per heavy atom. The zero-order valence-corrected chi connectivity index (χ0v) is 16.9. The van der Waals surface area contributed by atoms with Crippen LogP contribution in [0.4, 0.5) is 0 Å². The maximum absolute atomic E-state index is 12.5. The molecule has 140 valence electrons. The first-order valence-electron chi connectivity index (χ1n) is 8.58. The fraction of sp³-hybridized carbons (Fsp3) is 0.350. The molecule has 2 rings (SSSR count). The van der Waals surface area contributed by atoms with Crippen LogP contribution in [0.5, 0.6) is 11.5 Å². The van der Waals surface area contributed by atoms with Gasteiger partial charge in [0.15, 0.2) is 11.5 Å². The van der Waals surface area contributed by atoms with Crippen LogP contribution in [0, 0.1) is 0 Å². The van der Waals surface area contributed by atoms with Crippen molar-refractivity contribution in [2.45, 2.75) is 26.8 Å². The molecular formula is C20H24ClNO3S. The average molecular weight is 394 g/mol. The molecule has 1 heterocycles. The number of hydrogen-bond acceptors (Lipinski definition) is 4. The Morgan fingerprint density at radius 2 is 2.15 bits per heavy atom. The standard InChI is InChI=1S/C20H24ClNO3S/c1-4-10-25-20-17(21)12-15(13-18(20)24-3)8-9-19(23)22(5-2)14-16-7-6-11-26-16/h6-9,11-13H,4-5,10,14H2,1-3H3/b9-8+. The number of ether oxygens (including phenoxy) is 2. The summed E-state index contributed by atoms with van der Waals surface area (Å²) < 4.78 is 11.0. The van der Waals surface area contributed by atoms with Gasteiger partial charge in [-0.25, -0.2) is 0 Å². The summed E-state index contributed by atoms with van der Waals surface area (Å²) in [4.78, 5) is 15.4. The zero-order valence-electron chi connectivity index (χ0n) is 15.3. The van der Waals surface area contributed by atoms with Gasteiger partial charge in [0.1, 0.15) is 0 Å². The zero-order chi connectivity index (χ0) is 18.9. The van der Waals surface area contributed by atoms with E-state index in [2.05, 4.69) is 0 Å². The molecule has 26 heavy (non-hydrogen) atoms. The second kappa shape index (κ2) is 10.2. The molecule has 1 amide bonds. The molecule has 0 bridgehead atoms. The van der Waals surface area contributed by atoms with Crippen LogP contribution < -0.4 is 9.47 Å². The third-order valence-corrected chi connectivity index (χ3v) is 4.88. The Bertz CT molecular complexity index is 744. The van der Waals surface area contributed by atoms with E-state index < -0.39 is 0 Å². The maximum atomic E-state index is 12.5. The van der Waals surface area contributed by atoms with E-state index >= 15 is 0 Å². The van der Waals surface area contributed by atoms with Crippen LogP contribution in [-0.4, -0.2) is 31.1 Å². The highest BCUT2D eigenvalue weighted by Gasteiger charge is 2.12. The van der Waals surface area contributed by atoms with E-state index in [0.717, 1.165) is 16.9 Å². The molecule has 0 saturated carbocycles. The van der Waals surface area contributed by atoms with Gasteiger partial charge in [-0.1, -0.05) is 24.6 Å². The van der Waals surface area contributed by atoms with Crippen molar-refractivity contribution in [2.75, 3.05) is 20.3 Å². The average Bonchev–Trinajstić information content (AvgIpc) is 3.16. The van der Waals surface area contributed by atoms with Crippen LogP contribution in [0.25, 0.3) is 6.08 Å². The van der Waals surface area contributed by atoms with Crippen molar-refractivity contribution in [1.82, 2.24) is 4.90 Å². The topological polar surface area (TPSA) is 38.8 Å². The molecule has 0 spiro atoms. The molecule has 0 saturated heterocycles. The number of halogens is 1. The largest absolute Gasteiger partial charge is 0.493 e. The fourth-order valence-corrected chi connectivity index (χ4v) is 3.38. The lowest BCUT2D eigenvalue weighted by Gasteiger charge is -2.18. The van der Waals surface area contributed by atoms with E-state index in [4.69, 9.17) is 21.1 Å². The summed E-state index contributed by atoms with van der Waals surface area (Å²) in [5, 5.41) is 2.48. The minimum atomic E-state index is -0.0395. The molecule has 0 atom stereocenters. The Hall–Kier alpha value is -1.98. The van der Waals surface area contributed by atoms with Crippen LogP contribution >= 0.6 is 22.9 Å². The Balaban J connectivity index is 2.12. The number of hydrogen-bond donors (Lipinski definition) is 0. The highest BCUT2D eigenvalue weighted by atomic mass is 35.5. The Labute approximate surface area is 164 Å². The maximum Gasteiger partial charge on any atom is 0.246 e. The van der Waals surface area contributed by atoms with Gasteiger partial charge in [0.05, 0.1) is 25.3 Å². The monoisotopic (exact) mass is 393 g/mol. The quantitative estimate of drug-likeness (QED) is 0.545. The van der Waals surface area contributed by atoms with Gasteiger partial charge in [0.2, 0.25) is 5.91 Å². The summed E-state index contributed by atoms with van der Waals surface area (Å²) in [5.74, 6) is 1.05. The fourth-order valence-electron chi connectivity index (χ4n) is 2.39. The molecule has 1 aromatic carbocycles. The van der Waals surface area contributed by atoms with Gasteiger partial charge in [-0.05, 0) is 48.6 Å². The van der Waals surface area contributed by atoms with E-state index in [9.17, 15) is 4.79 Å². The molecule has 4 nitrogen and oxygen atoms in total. The van der Waals surface area contributed by atoms with Crippen molar-refractivity contribution in [3.8, 4) is 11.5 Å². The lowest BCUT2D eigenvalue weighted by atomic mass is 10.1. The van der Waals surface area contributed by atoms with Crippen molar-refractivity contribution >= 4 is 34.9 Å². The number of thiophene rings is 1. The number of amides is 1. The van der Waals surface area contributed by atoms with Crippen LogP contribution in [0.2, 0.25) is 5.02 Å². The summed E-state index contributed by atoms with van der Waals surface area (Å²) in [6.45, 7) is 5.83. The van der Waals surface area contributed by atoms with E-state index in [1.165, 1.54) is 0 Å². The minimum Gasteiger partial charge on any atom is -0.493 e. The third-order valence-electron chi connectivity index (χ3n) is 3.74. The molecule has 0 N–H and O–H groups in total. The lowest BCUT2D eigenvalue weighted by Crippen LogP contribution is -2.28. The number of carbonyl (C=O) groups is 1. The Kier molecular flexibility index (Phi) is 8.01. The van der Waals surface area contributed by atoms with E-state index in [-0.39, 0.29) is 5.91 Å². The predicted molar refractivity (Wildman–Crippen MR) is 108 cm³/mol. The third kappa shape index (κ3) is 5.51. The summed E-state index contributed by atoms with van der Waals surface area (Å²) in [6.07, 6.45) is 4.19. The summed E-state index contributed by atoms with van der Waals surface area (Å²) in [7, 11) is 1.57. The number of nitrogens with zero attached hydrogens (tertiary/aromatic N) is 1. The molecule has 0 aliphatic rings. The van der Waals surface area contributed by atoms with Crippen molar-refractivity contribution in [2.24, 2.45) is 0 Å². The normalized spacial score (nSPS) is 10.9. The van der Waals surface area contributed by atoms with Crippen molar-refractivity contribution < 1.29 is 14.3 Å². The molecule has 0 unspecified atom stereocenters. The van der Waals surface area contributed by atoms with Crippen molar-refractivity contribution in [3.63, 3.8) is 0 Å². The molecule has 2 aromatic rings. The molecule has 0 aliphatic heterocycles. The van der Waals surface area contributed by atoms with Crippen molar-refractivity contribution in [1.29, 1.82) is 0 Å². The van der Waals surface area contributed by atoms with Gasteiger partial charge < -0.3 is 14.4 Å².